The SMILES string of the molecule is CC(C)(C)c1cc2n(n1)CC(c1ccncc1)CN2. The Morgan fingerprint density at radius 3 is 2.68 bits per heavy atom. The van der Waals surface area contributed by atoms with Gasteiger partial charge in [0.15, 0.2) is 0 Å². The molecule has 100 valence electrons. The zero-order valence-electron chi connectivity index (χ0n) is 11.7. The zero-order chi connectivity index (χ0) is 13.5. The Morgan fingerprint density at radius 2 is 2.00 bits per heavy atom. The van der Waals surface area contributed by atoms with Crippen molar-refractivity contribution >= 4 is 5.82 Å². The van der Waals surface area contributed by atoms with E-state index in [0.717, 1.165) is 24.6 Å². The quantitative estimate of drug-likeness (QED) is 0.853. The molecule has 0 saturated carbocycles. The first kappa shape index (κ1) is 12.2. The molecule has 0 radical (unpaired) electrons. The molecule has 0 bridgehead atoms. The van der Waals surface area contributed by atoms with Crippen LogP contribution in [0, 0.1) is 0 Å². The molecule has 3 heterocycles. The van der Waals surface area contributed by atoms with Crippen molar-refractivity contribution in [1.29, 1.82) is 0 Å². The maximum atomic E-state index is 4.74. The van der Waals surface area contributed by atoms with Crippen molar-refractivity contribution in [2.75, 3.05) is 11.9 Å². The lowest BCUT2D eigenvalue weighted by Crippen LogP contribution is -2.26. The van der Waals surface area contributed by atoms with Gasteiger partial charge in [-0.3, -0.25) is 4.98 Å². The molecule has 19 heavy (non-hydrogen) atoms. The van der Waals surface area contributed by atoms with Crippen molar-refractivity contribution < 1.29 is 0 Å². The molecule has 0 saturated heterocycles. The molecular weight excluding hydrogens is 236 g/mol. The van der Waals surface area contributed by atoms with Crippen LogP contribution in [0.5, 0.6) is 0 Å². The summed E-state index contributed by atoms with van der Waals surface area (Å²) in [6, 6.07) is 6.35. The van der Waals surface area contributed by atoms with Crippen LogP contribution in [0.25, 0.3) is 0 Å². The van der Waals surface area contributed by atoms with E-state index in [4.69, 9.17) is 5.10 Å². The molecular formula is C15H20N4. The van der Waals surface area contributed by atoms with Gasteiger partial charge < -0.3 is 5.32 Å². The zero-order valence-corrected chi connectivity index (χ0v) is 11.7. The predicted octanol–water partition coefficient (Wildman–Crippen LogP) is 2.78. The molecule has 0 spiro atoms. The number of anilines is 1. The van der Waals surface area contributed by atoms with Crippen molar-refractivity contribution in [3.63, 3.8) is 0 Å². The van der Waals surface area contributed by atoms with E-state index >= 15 is 0 Å². The van der Waals surface area contributed by atoms with Gasteiger partial charge >= 0.3 is 0 Å². The number of hydrogen-bond donors (Lipinski definition) is 1. The fraction of sp³-hybridized carbons (Fsp3) is 0.467. The van der Waals surface area contributed by atoms with Gasteiger partial charge in [0.05, 0.1) is 12.2 Å². The molecule has 2 aromatic heterocycles. The van der Waals surface area contributed by atoms with Crippen LogP contribution in [0.2, 0.25) is 0 Å². The number of nitrogens with zero attached hydrogens (tertiary/aromatic N) is 3. The molecule has 2 aromatic rings. The number of fused-ring (bicyclic) bond motifs is 1. The van der Waals surface area contributed by atoms with E-state index in [1.165, 1.54) is 5.56 Å². The topological polar surface area (TPSA) is 42.7 Å². The highest BCUT2D eigenvalue weighted by Gasteiger charge is 2.25. The standard InChI is InChI=1S/C15H20N4/c1-15(2,3)13-8-14-17-9-12(10-19(14)18-13)11-4-6-16-7-5-11/h4-8,12,17H,9-10H2,1-3H3. The van der Waals surface area contributed by atoms with Gasteiger partial charge in [-0.25, -0.2) is 4.68 Å². The normalized spacial score (nSPS) is 18.8. The lowest BCUT2D eigenvalue weighted by atomic mass is 9.92. The fourth-order valence-corrected chi connectivity index (χ4v) is 2.42. The second kappa shape index (κ2) is 4.37. The lowest BCUT2D eigenvalue weighted by Gasteiger charge is -2.25. The molecule has 0 amide bonds. The van der Waals surface area contributed by atoms with Crippen LogP contribution in [0.1, 0.15) is 37.9 Å². The highest BCUT2D eigenvalue weighted by atomic mass is 15.3. The van der Waals surface area contributed by atoms with Gasteiger partial charge in [0.25, 0.3) is 0 Å². The van der Waals surface area contributed by atoms with E-state index in [1.54, 1.807) is 0 Å². The third kappa shape index (κ3) is 2.35. The second-order valence-electron chi connectivity index (χ2n) is 6.21. The van der Waals surface area contributed by atoms with Crippen LogP contribution in [0.3, 0.4) is 0 Å². The van der Waals surface area contributed by atoms with Gasteiger partial charge in [0, 0.05) is 36.3 Å². The summed E-state index contributed by atoms with van der Waals surface area (Å²) in [5.41, 5.74) is 2.56. The van der Waals surface area contributed by atoms with E-state index in [9.17, 15) is 0 Å². The minimum atomic E-state index is 0.0954. The van der Waals surface area contributed by atoms with E-state index in [-0.39, 0.29) is 5.41 Å². The molecule has 4 nitrogen and oxygen atoms in total. The number of nitrogens with one attached hydrogen (secondary N) is 1. The number of aromatic nitrogens is 3. The van der Waals surface area contributed by atoms with E-state index < -0.39 is 0 Å². The Balaban J connectivity index is 1.86. The molecule has 1 unspecified atom stereocenters. The molecule has 1 aliphatic heterocycles. The van der Waals surface area contributed by atoms with E-state index in [2.05, 4.69) is 54.0 Å². The van der Waals surface area contributed by atoms with E-state index in [1.807, 2.05) is 12.4 Å². The van der Waals surface area contributed by atoms with Gasteiger partial charge in [-0.05, 0) is 17.7 Å². The van der Waals surface area contributed by atoms with Crippen LogP contribution >= 0.6 is 0 Å². The van der Waals surface area contributed by atoms with Crippen molar-refractivity contribution in [3.8, 4) is 0 Å². The molecule has 3 rings (SSSR count). The molecule has 4 heteroatoms. The second-order valence-corrected chi connectivity index (χ2v) is 6.21. The Labute approximate surface area is 113 Å². The number of rotatable bonds is 1. The third-order valence-corrected chi connectivity index (χ3v) is 3.65. The first-order valence-electron chi connectivity index (χ1n) is 6.76. The van der Waals surface area contributed by atoms with Crippen LogP contribution in [0.15, 0.2) is 30.6 Å². The summed E-state index contributed by atoms with van der Waals surface area (Å²) in [5, 5.41) is 8.22. The first-order chi connectivity index (χ1) is 9.04. The summed E-state index contributed by atoms with van der Waals surface area (Å²) < 4.78 is 2.09. The monoisotopic (exact) mass is 256 g/mol. The number of pyridine rings is 1. The minimum absolute atomic E-state index is 0.0954. The lowest BCUT2D eigenvalue weighted by molar-refractivity contribution is 0.483. The molecule has 0 fully saturated rings. The highest BCUT2D eigenvalue weighted by molar-refractivity contribution is 5.42. The number of hydrogen-bond acceptors (Lipinski definition) is 3. The predicted molar refractivity (Wildman–Crippen MR) is 76.4 cm³/mol. The summed E-state index contributed by atoms with van der Waals surface area (Å²) in [6.45, 7) is 8.48. The van der Waals surface area contributed by atoms with Crippen molar-refractivity contribution in [2.45, 2.75) is 38.6 Å². The Kier molecular flexibility index (Phi) is 2.81. The van der Waals surface area contributed by atoms with Gasteiger partial charge in [-0.15, -0.1) is 0 Å². The van der Waals surface area contributed by atoms with Gasteiger partial charge in [-0.2, -0.15) is 5.10 Å². The van der Waals surface area contributed by atoms with Crippen LogP contribution in [-0.2, 0) is 12.0 Å². The maximum absolute atomic E-state index is 4.74. The largest absolute Gasteiger partial charge is 0.370 e. The van der Waals surface area contributed by atoms with Crippen LogP contribution in [0.4, 0.5) is 5.82 Å². The van der Waals surface area contributed by atoms with Crippen molar-refractivity contribution in [2.24, 2.45) is 0 Å². The van der Waals surface area contributed by atoms with Crippen LogP contribution < -0.4 is 5.32 Å². The molecule has 0 aromatic carbocycles. The molecule has 0 aliphatic carbocycles. The van der Waals surface area contributed by atoms with Gasteiger partial charge in [-0.1, -0.05) is 20.8 Å². The summed E-state index contributed by atoms with van der Waals surface area (Å²) in [7, 11) is 0. The third-order valence-electron chi connectivity index (χ3n) is 3.65. The van der Waals surface area contributed by atoms with Crippen LogP contribution in [-0.4, -0.2) is 21.3 Å². The first-order valence-corrected chi connectivity index (χ1v) is 6.76. The summed E-state index contributed by atoms with van der Waals surface area (Å²) in [4.78, 5) is 4.08. The average Bonchev–Trinajstić information content (AvgIpc) is 2.82. The Morgan fingerprint density at radius 1 is 1.26 bits per heavy atom. The summed E-state index contributed by atoms with van der Waals surface area (Å²) in [5.74, 6) is 1.60. The van der Waals surface area contributed by atoms with Crippen molar-refractivity contribution in [3.05, 3.63) is 41.9 Å². The summed E-state index contributed by atoms with van der Waals surface area (Å²) in [6.07, 6.45) is 3.71. The average molecular weight is 256 g/mol. The maximum Gasteiger partial charge on any atom is 0.124 e. The van der Waals surface area contributed by atoms with E-state index in [0.29, 0.717) is 5.92 Å². The molecule has 1 atom stereocenters. The van der Waals surface area contributed by atoms with Crippen molar-refractivity contribution in [1.82, 2.24) is 14.8 Å². The smallest absolute Gasteiger partial charge is 0.124 e. The Hall–Kier alpha value is -1.84. The fourth-order valence-electron chi connectivity index (χ4n) is 2.42. The minimum Gasteiger partial charge on any atom is -0.370 e. The Bertz CT molecular complexity index is 566. The van der Waals surface area contributed by atoms with Gasteiger partial charge in [0.1, 0.15) is 5.82 Å². The molecule has 1 aliphatic rings. The molecule has 1 N–H and O–H groups in total. The van der Waals surface area contributed by atoms with Gasteiger partial charge in [0.2, 0.25) is 0 Å². The summed E-state index contributed by atoms with van der Waals surface area (Å²) >= 11 is 0. The highest BCUT2D eigenvalue weighted by Crippen LogP contribution is 2.29.